The molecule has 1 aromatic carbocycles. The number of para-hydroxylation sites is 1. The molecule has 3 aliphatic rings. The van der Waals surface area contributed by atoms with Crippen LogP contribution in [0.25, 0.3) is 10.2 Å². The van der Waals surface area contributed by atoms with Gasteiger partial charge < -0.3 is 14.7 Å². The number of thiazole rings is 1. The minimum absolute atomic E-state index is 0.0367. The SMILES string of the molecule is CC(=O)N1CCC(N2C[C@@H]3N(C(=O)CCc4nc5ccccc5s4)O[C@H](CC(C)C)C(=O)N3[C@@H](CC(C)C)C2=O)CC1. The number of hydrogen-bond donors (Lipinski definition) is 0. The molecule has 2 aromatic rings. The van der Waals surface area contributed by atoms with E-state index in [1.54, 1.807) is 23.2 Å². The quantitative estimate of drug-likeness (QED) is 0.458. The number of hydrogen-bond acceptors (Lipinski definition) is 7. The third-order valence-electron chi connectivity index (χ3n) is 8.49. The highest BCUT2D eigenvalue weighted by Crippen LogP contribution is 2.34. The number of aromatic nitrogens is 1. The first-order valence-corrected chi connectivity index (χ1v) is 16.1. The highest BCUT2D eigenvalue weighted by Gasteiger charge is 2.53. The Morgan fingerprint density at radius 3 is 2.36 bits per heavy atom. The van der Waals surface area contributed by atoms with Gasteiger partial charge in [-0.25, -0.2) is 4.98 Å². The summed E-state index contributed by atoms with van der Waals surface area (Å²) in [5.74, 6) is -0.122. The van der Waals surface area contributed by atoms with Crippen molar-refractivity contribution in [3.63, 3.8) is 0 Å². The highest BCUT2D eigenvalue weighted by atomic mass is 32.1. The molecule has 0 saturated carbocycles. The first kappa shape index (κ1) is 30.4. The number of piperazine rings is 1. The third-order valence-corrected chi connectivity index (χ3v) is 9.59. The fraction of sp³-hybridized carbons (Fsp3) is 0.645. The molecule has 0 bridgehead atoms. The van der Waals surface area contributed by atoms with Crippen molar-refractivity contribution in [1.29, 1.82) is 0 Å². The average Bonchev–Trinajstić information content (AvgIpc) is 3.37. The lowest BCUT2D eigenvalue weighted by Crippen LogP contribution is -2.74. The maximum absolute atomic E-state index is 14.1. The number of aryl methyl sites for hydroxylation is 1. The molecule has 42 heavy (non-hydrogen) atoms. The van der Waals surface area contributed by atoms with Crippen LogP contribution in [0.3, 0.4) is 0 Å². The Labute approximate surface area is 251 Å². The summed E-state index contributed by atoms with van der Waals surface area (Å²) in [5, 5.41) is 2.28. The Morgan fingerprint density at radius 1 is 1.02 bits per heavy atom. The van der Waals surface area contributed by atoms with Gasteiger partial charge in [0.15, 0.2) is 12.3 Å². The smallest absolute Gasteiger partial charge is 0.256 e. The van der Waals surface area contributed by atoms with Gasteiger partial charge in [-0.15, -0.1) is 11.3 Å². The van der Waals surface area contributed by atoms with E-state index in [1.165, 1.54) is 5.06 Å². The first-order valence-electron chi connectivity index (χ1n) is 15.2. The Morgan fingerprint density at radius 2 is 1.71 bits per heavy atom. The molecule has 0 unspecified atom stereocenters. The van der Waals surface area contributed by atoms with E-state index >= 15 is 0 Å². The van der Waals surface area contributed by atoms with E-state index in [4.69, 9.17) is 4.84 Å². The average molecular weight is 598 g/mol. The Hall–Kier alpha value is -3.05. The van der Waals surface area contributed by atoms with Crippen LogP contribution in [0.5, 0.6) is 0 Å². The van der Waals surface area contributed by atoms with Crippen LogP contribution in [0.2, 0.25) is 0 Å². The lowest BCUT2D eigenvalue weighted by atomic mass is 9.93. The second kappa shape index (κ2) is 12.7. The molecule has 0 N–H and O–H groups in total. The van der Waals surface area contributed by atoms with Crippen molar-refractivity contribution in [2.75, 3.05) is 19.6 Å². The summed E-state index contributed by atoms with van der Waals surface area (Å²) in [4.78, 5) is 70.1. The van der Waals surface area contributed by atoms with E-state index in [0.717, 1.165) is 15.2 Å². The maximum Gasteiger partial charge on any atom is 0.256 e. The lowest BCUT2D eigenvalue weighted by Gasteiger charge is -2.55. The van der Waals surface area contributed by atoms with E-state index < -0.39 is 18.3 Å². The standard InChI is InChI=1S/C31H43N5O5S/c1-19(2)16-24-30(39)34(22-12-14-33(15-13-22)21(5)37)18-28-35(24)31(40)25(17-20(3)4)41-36(28)29(38)11-10-27-32-23-8-6-7-9-26(23)42-27/h6-9,19-20,22,24-25,28H,10-18H2,1-5H3/t24-,25+,28-/m0/s1. The molecule has 0 radical (unpaired) electrons. The molecule has 5 rings (SSSR count). The second-order valence-corrected chi connectivity index (χ2v) is 13.7. The van der Waals surface area contributed by atoms with E-state index in [1.807, 2.05) is 61.8 Å². The molecule has 3 aliphatic heterocycles. The summed E-state index contributed by atoms with van der Waals surface area (Å²) in [6.45, 7) is 11.1. The van der Waals surface area contributed by atoms with Gasteiger partial charge in [-0.05, 0) is 49.7 Å². The van der Waals surface area contributed by atoms with Gasteiger partial charge in [0.25, 0.3) is 5.91 Å². The number of nitrogens with zero attached hydrogens (tertiary/aromatic N) is 5. The van der Waals surface area contributed by atoms with Crippen molar-refractivity contribution in [2.24, 2.45) is 11.8 Å². The predicted octanol–water partition coefficient (Wildman–Crippen LogP) is 3.84. The Balaban J connectivity index is 1.41. The van der Waals surface area contributed by atoms with Crippen molar-refractivity contribution >= 4 is 45.2 Å². The number of hydroxylamine groups is 2. The molecule has 228 valence electrons. The third kappa shape index (κ3) is 6.32. The van der Waals surface area contributed by atoms with E-state index in [9.17, 15) is 19.2 Å². The van der Waals surface area contributed by atoms with Gasteiger partial charge in [-0.2, -0.15) is 5.06 Å². The topological polar surface area (TPSA) is 103 Å². The van der Waals surface area contributed by atoms with Crippen molar-refractivity contribution < 1.29 is 24.0 Å². The van der Waals surface area contributed by atoms with Gasteiger partial charge in [0.05, 0.1) is 21.8 Å². The summed E-state index contributed by atoms with van der Waals surface area (Å²) in [6, 6.07) is 7.19. The van der Waals surface area contributed by atoms with E-state index in [2.05, 4.69) is 4.98 Å². The first-order chi connectivity index (χ1) is 20.0. The van der Waals surface area contributed by atoms with E-state index in [-0.39, 0.29) is 54.5 Å². The molecule has 10 nitrogen and oxygen atoms in total. The Kier molecular flexibility index (Phi) is 9.17. The van der Waals surface area contributed by atoms with Crippen LogP contribution < -0.4 is 0 Å². The number of rotatable bonds is 8. The molecular formula is C31H43N5O5S. The predicted molar refractivity (Wildman–Crippen MR) is 160 cm³/mol. The number of amides is 4. The fourth-order valence-corrected chi connectivity index (χ4v) is 7.38. The molecule has 4 amide bonds. The minimum atomic E-state index is -0.819. The number of likely N-dealkylation sites (tertiary alicyclic amines) is 1. The van der Waals surface area contributed by atoms with Gasteiger partial charge in [0.2, 0.25) is 17.7 Å². The van der Waals surface area contributed by atoms with Gasteiger partial charge in [-0.3, -0.25) is 24.0 Å². The van der Waals surface area contributed by atoms with Crippen LogP contribution in [-0.2, 0) is 30.4 Å². The van der Waals surface area contributed by atoms with Crippen LogP contribution in [0.1, 0.15) is 71.7 Å². The summed E-state index contributed by atoms with van der Waals surface area (Å²) < 4.78 is 1.08. The zero-order valence-corrected chi connectivity index (χ0v) is 26.1. The lowest BCUT2D eigenvalue weighted by molar-refractivity contribution is -0.278. The largest absolute Gasteiger partial charge is 0.343 e. The van der Waals surface area contributed by atoms with Crippen molar-refractivity contribution in [3.8, 4) is 0 Å². The van der Waals surface area contributed by atoms with Gasteiger partial charge in [-0.1, -0.05) is 39.8 Å². The van der Waals surface area contributed by atoms with Crippen LogP contribution in [0, 0.1) is 11.8 Å². The zero-order chi connectivity index (χ0) is 30.1. The molecule has 4 heterocycles. The molecule has 1 aromatic heterocycles. The monoisotopic (exact) mass is 597 g/mol. The number of carbonyl (C=O) groups is 4. The molecule has 0 aliphatic carbocycles. The molecule has 11 heteroatoms. The van der Waals surface area contributed by atoms with Crippen LogP contribution in [0.15, 0.2) is 24.3 Å². The van der Waals surface area contributed by atoms with Crippen LogP contribution in [0.4, 0.5) is 0 Å². The summed E-state index contributed by atoms with van der Waals surface area (Å²) >= 11 is 1.58. The highest BCUT2D eigenvalue weighted by molar-refractivity contribution is 7.18. The van der Waals surface area contributed by atoms with Gasteiger partial charge in [0, 0.05) is 38.9 Å². The normalized spacial score (nSPS) is 23.8. The molecular weight excluding hydrogens is 554 g/mol. The maximum atomic E-state index is 14.1. The van der Waals surface area contributed by atoms with Crippen molar-refractivity contribution in [1.82, 2.24) is 24.7 Å². The van der Waals surface area contributed by atoms with Crippen LogP contribution in [-0.4, -0.2) is 92.4 Å². The minimum Gasteiger partial charge on any atom is -0.343 e. The second-order valence-electron chi connectivity index (χ2n) is 12.6. The summed E-state index contributed by atoms with van der Waals surface area (Å²) in [7, 11) is 0. The number of piperidine rings is 1. The van der Waals surface area contributed by atoms with Crippen LogP contribution >= 0.6 is 11.3 Å². The number of carbonyl (C=O) groups excluding carboxylic acids is 4. The number of benzene rings is 1. The fourth-order valence-electron chi connectivity index (χ4n) is 6.41. The van der Waals surface area contributed by atoms with Crippen molar-refractivity contribution in [3.05, 3.63) is 29.3 Å². The van der Waals surface area contributed by atoms with Gasteiger partial charge >= 0.3 is 0 Å². The summed E-state index contributed by atoms with van der Waals surface area (Å²) in [5.41, 5.74) is 0.918. The molecule has 3 saturated heterocycles. The van der Waals surface area contributed by atoms with E-state index in [0.29, 0.717) is 45.2 Å². The number of fused-ring (bicyclic) bond motifs is 2. The summed E-state index contributed by atoms with van der Waals surface area (Å²) in [6.07, 6.45) is 1.44. The molecule has 0 spiro atoms. The Bertz CT molecular complexity index is 1290. The molecule has 3 fully saturated rings. The molecule has 3 atom stereocenters. The zero-order valence-electron chi connectivity index (χ0n) is 25.3. The van der Waals surface area contributed by atoms with Gasteiger partial charge in [0.1, 0.15) is 6.04 Å². The van der Waals surface area contributed by atoms with Crippen molar-refractivity contribution in [2.45, 2.75) is 97.5 Å².